The number of piperidine rings is 1. The van der Waals surface area contributed by atoms with E-state index in [-0.39, 0.29) is 29.8 Å². The van der Waals surface area contributed by atoms with Crippen molar-refractivity contribution in [1.29, 1.82) is 0 Å². The summed E-state index contributed by atoms with van der Waals surface area (Å²) >= 11 is 0. The van der Waals surface area contributed by atoms with Gasteiger partial charge >= 0.3 is 5.97 Å². The first-order valence-corrected chi connectivity index (χ1v) is 12.9. The summed E-state index contributed by atoms with van der Waals surface area (Å²) < 4.78 is 11.5. The third kappa shape index (κ3) is 4.78. The van der Waals surface area contributed by atoms with E-state index >= 15 is 0 Å². The molecule has 5 rings (SSSR count). The molecule has 198 valence electrons. The number of esters is 1. The first-order valence-electron chi connectivity index (χ1n) is 12.9. The highest BCUT2D eigenvalue weighted by atomic mass is 16.5. The standard InChI is InChI=1S/C30H32N2O6/c1-17-27(30(36)38-21-11-12-26(35)32(2)16-21)28(18-7-6-8-20(33)13-18)29-23(31-17)14-19(15-24(29)34)22-9-4-5-10-25(22)37-3/h4-10,13,19,21,28,31,33H,11-12,14-16H2,1-3H3. The minimum Gasteiger partial charge on any atom is -0.508 e. The largest absolute Gasteiger partial charge is 0.508 e. The van der Waals surface area contributed by atoms with Crippen molar-refractivity contribution in [3.8, 4) is 11.5 Å². The highest BCUT2D eigenvalue weighted by molar-refractivity contribution is 6.04. The molecule has 0 saturated carbocycles. The molecule has 0 spiro atoms. The molecule has 3 aliphatic rings. The number of nitrogens with one attached hydrogen (secondary N) is 1. The van der Waals surface area contributed by atoms with Crippen LogP contribution in [0.4, 0.5) is 0 Å². The van der Waals surface area contributed by atoms with Crippen LogP contribution in [-0.2, 0) is 19.1 Å². The number of para-hydroxylation sites is 1. The molecule has 8 nitrogen and oxygen atoms in total. The number of rotatable bonds is 5. The van der Waals surface area contributed by atoms with Crippen molar-refractivity contribution in [3.05, 3.63) is 82.2 Å². The minimum absolute atomic E-state index is 0.0249. The van der Waals surface area contributed by atoms with Gasteiger partial charge in [-0.15, -0.1) is 0 Å². The van der Waals surface area contributed by atoms with Crippen LogP contribution >= 0.6 is 0 Å². The lowest BCUT2D eigenvalue weighted by Gasteiger charge is -2.37. The van der Waals surface area contributed by atoms with Crippen LogP contribution in [0.5, 0.6) is 11.5 Å². The second-order valence-electron chi connectivity index (χ2n) is 10.2. The van der Waals surface area contributed by atoms with Gasteiger partial charge in [0.2, 0.25) is 5.91 Å². The van der Waals surface area contributed by atoms with Crippen LogP contribution in [-0.4, -0.2) is 54.5 Å². The highest BCUT2D eigenvalue weighted by Gasteiger charge is 2.42. The number of nitrogens with zero attached hydrogens (tertiary/aromatic N) is 1. The number of benzene rings is 2. The normalized spacial score (nSPS) is 23.7. The quantitative estimate of drug-likeness (QED) is 0.580. The minimum atomic E-state index is -0.681. The summed E-state index contributed by atoms with van der Waals surface area (Å²) in [7, 11) is 3.32. The van der Waals surface area contributed by atoms with Gasteiger partial charge in [-0.05, 0) is 49.1 Å². The highest BCUT2D eigenvalue weighted by Crippen LogP contribution is 2.47. The molecule has 2 N–H and O–H groups in total. The Balaban J connectivity index is 1.52. The van der Waals surface area contributed by atoms with Crippen LogP contribution in [0, 0.1) is 0 Å². The van der Waals surface area contributed by atoms with E-state index in [1.165, 1.54) is 0 Å². The number of likely N-dealkylation sites (N-methyl/N-ethyl adjacent to an activating group) is 1. The smallest absolute Gasteiger partial charge is 0.337 e. The van der Waals surface area contributed by atoms with Crippen molar-refractivity contribution < 1.29 is 29.0 Å². The van der Waals surface area contributed by atoms with E-state index in [0.717, 1.165) is 17.0 Å². The molecule has 2 aliphatic heterocycles. The van der Waals surface area contributed by atoms with Crippen molar-refractivity contribution in [2.24, 2.45) is 0 Å². The number of allylic oxidation sites excluding steroid dienone is 3. The van der Waals surface area contributed by atoms with E-state index in [2.05, 4.69) is 5.32 Å². The number of hydrogen-bond acceptors (Lipinski definition) is 7. The molecule has 1 saturated heterocycles. The van der Waals surface area contributed by atoms with E-state index in [0.29, 0.717) is 48.2 Å². The Hall–Kier alpha value is -4.07. The van der Waals surface area contributed by atoms with Crippen molar-refractivity contribution in [1.82, 2.24) is 10.2 Å². The number of aromatic hydroxyl groups is 1. The van der Waals surface area contributed by atoms with Gasteiger partial charge in [0, 0.05) is 48.7 Å². The summed E-state index contributed by atoms with van der Waals surface area (Å²) in [6.45, 7) is 2.14. The summed E-state index contributed by atoms with van der Waals surface area (Å²) in [4.78, 5) is 40.9. The van der Waals surface area contributed by atoms with Crippen LogP contribution in [0.2, 0.25) is 0 Å². The first-order chi connectivity index (χ1) is 18.3. The van der Waals surface area contributed by atoms with Gasteiger partial charge in [0.05, 0.1) is 19.2 Å². The SMILES string of the molecule is COc1ccccc1C1CC(=O)C2=C(C1)NC(C)=C(C(=O)OC1CCC(=O)N(C)C1)C2c1cccc(O)c1. The number of methoxy groups -OCH3 is 1. The number of likely N-dealkylation sites (tertiary alicyclic amines) is 1. The average molecular weight is 517 g/mol. The number of ketones is 1. The average Bonchev–Trinajstić information content (AvgIpc) is 2.89. The zero-order valence-electron chi connectivity index (χ0n) is 21.8. The Morgan fingerprint density at radius 3 is 2.63 bits per heavy atom. The van der Waals surface area contributed by atoms with Gasteiger partial charge < -0.3 is 24.8 Å². The van der Waals surface area contributed by atoms with E-state index in [9.17, 15) is 19.5 Å². The van der Waals surface area contributed by atoms with Gasteiger partial charge in [-0.2, -0.15) is 0 Å². The number of carbonyl (C=O) groups excluding carboxylic acids is 3. The number of hydrogen-bond donors (Lipinski definition) is 2. The summed E-state index contributed by atoms with van der Waals surface area (Å²) in [5.41, 5.74) is 3.85. The zero-order chi connectivity index (χ0) is 27.0. The van der Waals surface area contributed by atoms with Gasteiger partial charge in [0.25, 0.3) is 0 Å². The Morgan fingerprint density at radius 1 is 1.11 bits per heavy atom. The topological polar surface area (TPSA) is 105 Å². The second kappa shape index (κ2) is 10.4. The molecule has 8 heteroatoms. The maximum Gasteiger partial charge on any atom is 0.337 e. The summed E-state index contributed by atoms with van der Waals surface area (Å²) in [5.74, 6) is -0.535. The van der Waals surface area contributed by atoms with Crippen LogP contribution in [0.15, 0.2) is 71.1 Å². The number of Topliss-reactive ketones (excluding diaryl/α,β-unsaturated/α-hetero) is 1. The number of phenols is 1. The monoisotopic (exact) mass is 516 g/mol. The predicted molar refractivity (Wildman–Crippen MR) is 140 cm³/mol. The molecule has 38 heavy (non-hydrogen) atoms. The lowest BCUT2D eigenvalue weighted by Crippen LogP contribution is -2.43. The molecule has 2 heterocycles. The fourth-order valence-corrected chi connectivity index (χ4v) is 5.86. The number of phenolic OH excluding ortho intramolecular Hbond substituents is 1. The van der Waals surface area contributed by atoms with Gasteiger partial charge in [0.1, 0.15) is 17.6 Å². The predicted octanol–water partition coefficient (Wildman–Crippen LogP) is 3.93. The van der Waals surface area contributed by atoms with Crippen molar-refractivity contribution in [2.75, 3.05) is 20.7 Å². The number of carbonyl (C=O) groups is 3. The van der Waals surface area contributed by atoms with Gasteiger partial charge in [-0.25, -0.2) is 4.79 Å². The molecular weight excluding hydrogens is 484 g/mol. The molecule has 0 aromatic heterocycles. The number of dihydropyridines is 1. The maximum atomic E-state index is 13.8. The molecule has 3 unspecified atom stereocenters. The zero-order valence-corrected chi connectivity index (χ0v) is 21.8. The molecule has 1 amide bonds. The first kappa shape index (κ1) is 25.6. The molecular formula is C30H32N2O6. The molecule has 1 fully saturated rings. The number of amides is 1. The summed E-state index contributed by atoms with van der Waals surface area (Å²) in [6.07, 6.45) is 1.19. The lowest BCUT2D eigenvalue weighted by atomic mass is 9.71. The Labute approximate surface area is 221 Å². The maximum absolute atomic E-state index is 13.8. The Morgan fingerprint density at radius 2 is 1.89 bits per heavy atom. The fraction of sp³-hybridized carbons (Fsp3) is 0.367. The second-order valence-corrected chi connectivity index (χ2v) is 10.2. The van der Waals surface area contributed by atoms with Crippen LogP contribution in [0.3, 0.4) is 0 Å². The summed E-state index contributed by atoms with van der Waals surface area (Å²) in [5, 5.41) is 13.6. The lowest BCUT2D eigenvalue weighted by molar-refractivity contribution is -0.152. The van der Waals surface area contributed by atoms with Crippen molar-refractivity contribution >= 4 is 17.7 Å². The van der Waals surface area contributed by atoms with Crippen LogP contribution < -0.4 is 10.1 Å². The van der Waals surface area contributed by atoms with E-state index < -0.39 is 18.0 Å². The molecule has 1 aliphatic carbocycles. The Bertz CT molecular complexity index is 1360. The third-order valence-corrected chi connectivity index (χ3v) is 7.69. The Kier molecular flexibility index (Phi) is 6.97. The third-order valence-electron chi connectivity index (χ3n) is 7.69. The van der Waals surface area contributed by atoms with E-state index in [1.807, 2.05) is 37.3 Å². The number of ether oxygens (including phenoxy) is 2. The van der Waals surface area contributed by atoms with E-state index in [4.69, 9.17) is 9.47 Å². The van der Waals surface area contributed by atoms with Gasteiger partial charge in [-0.3, -0.25) is 9.59 Å². The molecule has 3 atom stereocenters. The van der Waals surface area contributed by atoms with Crippen LogP contribution in [0.25, 0.3) is 0 Å². The van der Waals surface area contributed by atoms with Gasteiger partial charge in [0.15, 0.2) is 5.78 Å². The molecule has 0 radical (unpaired) electrons. The van der Waals surface area contributed by atoms with Crippen molar-refractivity contribution in [2.45, 2.75) is 50.5 Å². The van der Waals surface area contributed by atoms with Crippen molar-refractivity contribution in [3.63, 3.8) is 0 Å². The van der Waals surface area contributed by atoms with E-state index in [1.54, 1.807) is 37.3 Å². The fourth-order valence-electron chi connectivity index (χ4n) is 5.86. The molecule has 2 aromatic rings. The molecule has 0 bridgehead atoms. The van der Waals surface area contributed by atoms with Gasteiger partial charge in [-0.1, -0.05) is 30.3 Å². The molecule has 2 aromatic carbocycles. The summed E-state index contributed by atoms with van der Waals surface area (Å²) in [6, 6.07) is 14.4. The van der Waals surface area contributed by atoms with Crippen LogP contribution in [0.1, 0.15) is 55.6 Å².